The van der Waals surface area contributed by atoms with Gasteiger partial charge in [-0.05, 0) is 35.7 Å². The average molecular weight is 441 g/mol. The summed E-state index contributed by atoms with van der Waals surface area (Å²) in [5, 5.41) is 19.5. The van der Waals surface area contributed by atoms with Crippen LogP contribution in [0.4, 0.5) is 13.2 Å². The molecule has 0 spiro atoms. The summed E-state index contributed by atoms with van der Waals surface area (Å²) in [7, 11) is 0. The Hall–Kier alpha value is -3.64. The van der Waals surface area contributed by atoms with E-state index in [1.807, 2.05) is 0 Å². The maximum atomic E-state index is 12.8. The fourth-order valence-corrected chi connectivity index (χ4v) is 4.00. The minimum absolute atomic E-state index is 0.141. The number of oxazole rings is 1. The summed E-state index contributed by atoms with van der Waals surface area (Å²) in [5.74, 6) is -0.677. The van der Waals surface area contributed by atoms with Crippen LogP contribution in [0.2, 0.25) is 0 Å². The van der Waals surface area contributed by atoms with E-state index >= 15 is 0 Å². The van der Waals surface area contributed by atoms with Crippen LogP contribution in [0.25, 0.3) is 11.1 Å². The van der Waals surface area contributed by atoms with Gasteiger partial charge < -0.3 is 14.4 Å². The Balaban J connectivity index is 1.56. The first kappa shape index (κ1) is 21.6. The molecule has 1 saturated heterocycles. The molecule has 3 unspecified atom stereocenters. The van der Waals surface area contributed by atoms with Crippen molar-refractivity contribution in [2.24, 2.45) is 0 Å². The summed E-state index contributed by atoms with van der Waals surface area (Å²) >= 11 is 0. The molecule has 0 aliphatic carbocycles. The molecule has 6 nitrogen and oxygen atoms in total. The number of hydrogen-bond acceptors (Lipinski definition) is 5. The number of benzene rings is 2. The van der Waals surface area contributed by atoms with Gasteiger partial charge in [-0.25, -0.2) is 4.98 Å². The Bertz CT molecular complexity index is 1160. The number of halogens is 3. The second kappa shape index (κ2) is 8.13. The molecule has 0 bridgehead atoms. The second-order valence-corrected chi connectivity index (χ2v) is 7.54. The fourth-order valence-electron chi connectivity index (χ4n) is 4.00. The Morgan fingerprint density at radius 1 is 1.16 bits per heavy atom. The third kappa shape index (κ3) is 3.74. The number of likely N-dealkylation sites (tertiary alicyclic amines) is 1. The third-order valence-corrected chi connectivity index (χ3v) is 5.61. The standard InChI is InChI=1S/C23H18F3N3O3/c1-13-11-28-21(32-13)22(31)29-18(10-27)20(19(29)12-30)16-4-2-14(3-5-16)15-6-8-17(9-7-15)23(24,25)26/h2-9,11,18-20,30H,12H2,1H3. The number of rotatable bonds is 4. The number of carbonyl (C=O) groups is 1. The fraction of sp³-hybridized carbons (Fsp3) is 0.261. The normalized spacial score (nSPS) is 20.5. The Kier molecular flexibility index (Phi) is 5.48. The second-order valence-electron chi connectivity index (χ2n) is 7.54. The molecule has 0 radical (unpaired) electrons. The SMILES string of the molecule is Cc1cnc(C(=O)N2C(C#N)C(c3ccc(-c4ccc(C(F)(F)F)cc4)cc3)C2CO)o1. The Morgan fingerprint density at radius 2 is 1.75 bits per heavy atom. The molecule has 2 heterocycles. The van der Waals surface area contributed by atoms with E-state index in [1.54, 1.807) is 31.2 Å². The van der Waals surface area contributed by atoms with Crippen LogP contribution in [-0.4, -0.2) is 39.6 Å². The highest BCUT2D eigenvalue weighted by molar-refractivity contribution is 5.91. The summed E-state index contributed by atoms with van der Waals surface area (Å²) in [4.78, 5) is 17.9. The Labute approximate surface area is 181 Å². The summed E-state index contributed by atoms with van der Waals surface area (Å²) in [6.45, 7) is 1.29. The van der Waals surface area contributed by atoms with Crippen molar-refractivity contribution in [3.8, 4) is 17.2 Å². The van der Waals surface area contributed by atoms with Gasteiger partial charge in [-0.1, -0.05) is 36.4 Å². The quantitative estimate of drug-likeness (QED) is 0.657. The first-order chi connectivity index (χ1) is 15.2. The molecule has 1 N–H and O–H groups in total. The number of alkyl halides is 3. The van der Waals surface area contributed by atoms with E-state index in [2.05, 4.69) is 11.1 Å². The van der Waals surface area contributed by atoms with Crippen LogP contribution in [0.15, 0.2) is 59.1 Å². The van der Waals surface area contributed by atoms with E-state index in [-0.39, 0.29) is 12.5 Å². The van der Waals surface area contributed by atoms with Crippen LogP contribution in [0, 0.1) is 18.3 Å². The number of aryl methyl sites for hydroxylation is 1. The lowest BCUT2D eigenvalue weighted by Crippen LogP contribution is -2.65. The minimum atomic E-state index is -4.40. The van der Waals surface area contributed by atoms with E-state index < -0.39 is 35.6 Å². The maximum absolute atomic E-state index is 12.8. The van der Waals surface area contributed by atoms with Crippen molar-refractivity contribution in [3.63, 3.8) is 0 Å². The topological polar surface area (TPSA) is 90.4 Å². The van der Waals surface area contributed by atoms with Crippen LogP contribution in [0.1, 0.15) is 33.5 Å². The molecular weight excluding hydrogens is 423 g/mol. The van der Waals surface area contributed by atoms with Crippen LogP contribution < -0.4 is 0 Å². The van der Waals surface area contributed by atoms with Crippen molar-refractivity contribution >= 4 is 5.91 Å². The number of aromatic nitrogens is 1. The molecule has 0 saturated carbocycles. The van der Waals surface area contributed by atoms with Gasteiger partial charge in [0.1, 0.15) is 11.8 Å². The van der Waals surface area contributed by atoms with Gasteiger partial charge in [-0.2, -0.15) is 18.4 Å². The van der Waals surface area contributed by atoms with Crippen molar-refractivity contribution < 1.29 is 27.5 Å². The number of carbonyl (C=O) groups excluding carboxylic acids is 1. The highest BCUT2D eigenvalue weighted by atomic mass is 19.4. The van der Waals surface area contributed by atoms with Crippen molar-refractivity contribution in [2.75, 3.05) is 6.61 Å². The van der Waals surface area contributed by atoms with Gasteiger partial charge in [-0.15, -0.1) is 0 Å². The monoisotopic (exact) mass is 441 g/mol. The first-order valence-corrected chi connectivity index (χ1v) is 9.77. The van der Waals surface area contributed by atoms with E-state index in [0.717, 1.165) is 17.7 Å². The lowest BCUT2D eigenvalue weighted by molar-refractivity contribution is -0.137. The van der Waals surface area contributed by atoms with Crippen LogP contribution in [0.5, 0.6) is 0 Å². The summed E-state index contributed by atoms with van der Waals surface area (Å²) < 4.78 is 43.5. The van der Waals surface area contributed by atoms with Gasteiger partial charge in [-0.3, -0.25) is 4.79 Å². The predicted molar refractivity (Wildman–Crippen MR) is 107 cm³/mol. The molecule has 1 aliphatic rings. The van der Waals surface area contributed by atoms with Gasteiger partial charge >= 0.3 is 12.1 Å². The van der Waals surface area contributed by atoms with Crippen LogP contribution in [-0.2, 0) is 6.18 Å². The molecule has 9 heteroatoms. The van der Waals surface area contributed by atoms with Crippen LogP contribution >= 0.6 is 0 Å². The van der Waals surface area contributed by atoms with Crippen molar-refractivity contribution in [1.82, 2.24) is 9.88 Å². The Morgan fingerprint density at radius 3 is 2.22 bits per heavy atom. The number of aliphatic hydroxyl groups excluding tert-OH is 1. The molecule has 4 rings (SSSR count). The number of aliphatic hydroxyl groups is 1. The third-order valence-electron chi connectivity index (χ3n) is 5.61. The zero-order valence-electron chi connectivity index (χ0n) is 16.9. The van der Waals surface area contributed by atoms with E-state index in [9.17, 15) is 28.3 Å². The largest absolute Gasteiger partial charge is 0.438 e. The molecule has 2 aromatic carbocycles. The van der Waals surface area contributed by atoms with Gasteiger partial charge in [0.15, 0.2) is 0 Å². The predicted octanol–water partition coefficient (Wildman–Crippen LogP) is 4.16. The molecule has 32 heavy (non-hydrogen) atoms. The number of hydrogen-bond donors (Lipinski definition) is 1. The number of amides is 1. The van der Waals surface area contributed by atoms with E-state index in [4.69, 9.17) is 4.42 Å². The van der Waals surface area contributed by atoms with Gasteiger partial charge in [0.25, 0.3) is 5.89 Å². The highest BCUT2D eigenvalue weighted by Gasteiger charge is 2.52. The smallest absolute Gasteiger partial charge is 0.416 e. The van der Waals surface area contributed by atoms with Gasteiger partial charge in [0.2, 0.25) is 0 Å². The molecule has 3 atom stereocenters. The molecule has 1 aliphatic heterocycles. The number of nitriles is 1. The molecular formula is C23H18F3N3O3. The average Bonchev–Trinajstić information content (AvgIpc) is 3.20. The lowest BCUT2D eigenvalue weighted by Gasteiger charge is -2.51. The van der Waals surface area contributed by atoms with Gasteiger partial charge in [0, 0.05) is 5.92 Å². The highest BCUT2D eigenvalue weighted by Crippen LogP contribution is 2.42. The molecule has 3 aromatic rings. The molecule has 164 valence electrons. The molecule has 1 fully saturated rings. The molecule has 1 amide bonds. The summed E-state index contributed by atoms with van der Waals surface area (Å²) in [6, 6.07) is 12.5. The molecule has 1 aromatic heterocycles. The zero-order valence-corrected chi connectivity index (χ0v) is 16.9. The van der Waals surface area contributed by atoms with Crippen LogP contribution in [0.3, 0.4) is 0 Å². The lowest BCUT2D eigenvalue weighted by atomic mass is 9.75. The van der Waals surface area contributed by atoms with E-state index in [1.165, 1.54) is 23.2 Å². The summed E-state index contributed by atoms with van der Waals surface area (Å²) in [5.41, 5.74) is 1.34. The number of nitrogens with zero attached hydrogens (tertiary/aromatic N) is 3. The minimum Gasteiger partial charge on any atom is -0.438 e. The van der Waals surface area contributed by atoms with E-state index in [0.29, 0.717) is 16.9 Å². The van der Waals surface area contributed by atoms with Crippen molar-refractivity contribution in [3.05, 3.63) is 77.5 Å². The van der Waals surface area contributed by atoms with Crippen molar-refractivity contribution in [2.45, 2.75) is 31.1 Å². The zero-order chi connectivity index (χ0) is 23.0. The van der Waals surface area contributed by atoms with Crippen molar-refractivity contribution in [1.29, 1.82) is 5.26 Å². The van der Waals surface area contributed by atoms with Gasteiger partial charge in [0.05, 0.1) is 30.5 Å². The summed E-state index contributed by atoms with van der Waals surface area (Å²) in [6.07, 6.45) is -2.99. The maximum Gasteiger partial charge on any atom is 0.416 e. The first-order valence-electron chi connectivity index (χ1n) is 9.77.